The van der Waals surface area contributed by atoms with Crippen molar-refractivity contribution >= 4 is 5.97 Å². The highest BCUT2D eigenvalue weighted by molar-refractivity contribution is 5.66. The first-order valence-corrected chi connectivity index (χ1v) is 10.7. The number of carbonyl (C=O) groups excluding carboxylic acids is 1. The molecule has 0 aromatic rings. The number of rotatable bonds is 1. The van der Waals surface area contributed by atoms with Gasteiger partial charge >= 0.3 is 5.97 Å². The van der Waals surface area contributed by atoms with Crippen LogP contribution in [0.25, 0.3) is 0 Å². The van der Waals surface area contributed by atoms with Crippen LogP contribution in [0.5, 0.6) is 0 Å². The molecule has 10 atom stereocenters. The second-order valence-electron chi connectivity index (χ2n) is 10.6. The van der Waals surface area contributed by atoms with E-state index in [4.69, 9.17) is 4.74 Å². The Kier molecular flexibility index (Phi) is 3.48. The van der Waals surface area contributed by atoms with Gasteiger partial charge in [0, 0.05) is 12.3 Å². The molecule has 5 fully saturated rings. The molecule has 3 nitrogen and oxygen atoms in total. The number of aliphatic hydroxyl groups is 1. The summed E-state index contributed by atoms with van der Waals surface area (Å²) < 4.78 is 5.75. The minimum Gasteiger partial charge on any atom is -0.462 e. The Hall–Kier alpha value is -0.570. The van der Waals surface area contributed by atoms with Gasteiger partial charge in [0.1, 0.15) is 6.10 Å². The molecule has 0 spiro atoms. The number of hydrogen-bond acceptors (Lipinski definition) is 3. The molecule has 5 aliphatic rings. The lowest BCUT2D eigenvalue weighted by molar-refractivity contribution is -0.178. The summed E-state index contributed by atoms with van der Waals surface area (Å²) in [7, 11) is 0. The highest BCUT2D eigenvalue weighted by Crippen LogP contribution is 2.70. The SMILES string of the molecule is CC(=O)O[C@@H]1CC[C@@H]2[C@@H]3CC[C@H]4C[C@@H]5C[C@@H]5[C@H](O)[C@]4(C)[C@H]3CC[C@]21C. The summed E-state index contributed by atoms with van der Waals surface area (Å²) in [5.74, 6) is 4.14. The molecule has 3 heteroatoms. The van der Waals surface area contributed by atoms with Gasteiger partial charge in [-0.05, 0) is 92.3 Å². The van der Waals surface area contributed by atoms with Crippen molar-refractivity contribution in [1.29, 1.82) is 0 Å². The van der Waals surface area contributed by atoms with Crippen molar-refractivity contribution in [3.8, 4) is 0 Å². The summed E-state index contributed by atoms with van der Waals surface area (Å²) in [6, 6.07) is 0. The molecular formula is C22H34O3. The molecule has 0 aliphatic heterocycles. The zero-order valence-electron chi connectivity index (χ0n) is 16.0. The van der Waals surface area contributed by atoms with Crippen LogP contribution in [0.2, 0.25) is 0 Å². The van der Waals surface area contributed by atoms with Crippen LogP contribution in [0.1, 0.15) is 72.1 Å². The van der Waals surface area contributed by atoms with Crippen molar-refractivity contribution in [2.45, 2.75) is 84.3 Å². The number of hydrogen-bond donors (Lipinski definition) is 1. The van der Waals surface area contributed by atoms with Gasteiger partial charge in [-0.3, -0.25) is 4.79 Å². The molecule has 5 rings (SSSR count). The Balaban J connectivity index is 1.44. The van der Waals surface area contributed by atoms with E-state index in [2.05, 4.69) is 13.8 Å². The van der Waals surface area contributed by atoms with Crippen LogP contribution < -0.4 is 0 Å². The molecule has 0 unspecified atom stereocenters. The lowest BCUT2D eigenvalue weighted by atomic mass is 9.44. The summed E-state index contributed by atoms with van der Waals surface area (Å²) >= 11 is 0. The minimum absolute atomic E-state index is 0.0703. The van der Waals surface area contributed by atoms with Gasteiger partial charge in [-0.2, -0.15) is 0 Å². The number of aliphatic hydroxyl groups excluding tert-OH is 1. The predicted molar refractivity (Wildman–Crippen MR) is 95.7 cm³/mol. The van der Waals surface area contributed by atoms with Crippen molar-refractivity contribution < 1.29 is 14.6 Å². The van der Waals surface area contributed by atoms with E-state index in [1.54, 1.807) is 6.92 Å². The van der Waals surface area contributed by atoms with Crippen LogP contribution in [0.3, 0.4) is 0 Å². The van der Waals surface area contributed by atoms with Gasteiger partial charge in [0.15, 0.2) is 0 Å². The second kappa shape index (κ2) is 5.24. The van der Waals surface area contributed by atoms with Crippen molar-refractivity contribution in [1.82, 2.24) is 0 Å². The average molecular weight is 347 g/mol. The van der Waals surface area contributed by atoms with Gasteiger partial charge in [0.05, 0.1) is 6.10 Å². The first-order valence-electron chi connectivity index (χ1n) is 10.7. The van der Waals surface area contributed by atoms with E-state index in [1.807, 2.05) is 0 Å². The summed E-state index contributed by atoms with van der Waals surface area (Å²) in [5.41, 5.74) is 0.305. The minimum atomic E-state index is -0.118. The molecule has 0 bridgehead atoms. The van der Waals surface area contributed by atoms with E-state index in [0.29, 0.717) is 17.8 Å². The average Bonchev–Trinajstić information content (AvgIpc) is 3.26. The smallest absolute Gasteiger partial charge is 0.302 e. The van der Waals surface area contributed by atoms with Gasteiger partial charge in [-0.15, -0.1) is 0 Å². The van der Waals surface area contributed by atoms with E-state index < -0.39 is 0 Å². The predicted octanol–water partition coefficient (Wildman–Crippen LogP) is 4.18. The largest absolute Gasteiger partial charge is 0.462 e. The van der Waals surface area contributed by atoms with E-state index >= 15 is 0 Å². The molecule has 0 aromatic heterocycles. The molecule has 0 radical (unpaired) electrons. The second-order valence-corrected chi connectivity index (χ2v) is 10.6. The first kappa shape index (κ1) is 16.6. The normalized spacial score (nSPS) is 59.2. The van der Waals surface area contributed by atoms with Crippen molar-refractivity contribution in [3.63, 3.8) is 0 Å². The van der Waals surface area contributed by atoms with Crippen LogP contribution in [-0.4, -0.2) is 23.3 Å². The third-order valence-corrected chi connectivity index (χ3v) is 9.79. The van der Waals surface area contributed by atoms with Crippen molar-refractivity contribution in [2.24, 2.45) is 46.3 Å². The first-order chi connectivity index (χ1) is 11.9. The summed E-state index contributed by atoms with van der Waals surface area (Å²) in [6.07, 6.45) is 9.97. The fourth-order valence-corrected chi connectivity index (χ4v) is 8.40. The van der Waals surface area contributed by atoms with Gasteiger partial charge in [-0.1, -0.05) is 13.8 Å². The molecule has 0 amide bonds. The summed E-state index contributed by atoms with van der Waals surface area (Å²) in [6.45, 7) is 6.38. The van der Waals surface area contributed by atoms with Gasteiger partial charge in [-0.25, -0.2) is 0 Å². The number of esters is 1. The molecule has 5 saturated carbocycles. The molecular weight excluding hydrogens is 312 g/mol. The Bertz CT molecular complexity index is 588. The molecule has 5 aliphatic carbocycles. The lowest BCUT2D eigenvalue weighted by Crippen LogP contribution is -2.58. The van der Waals surface area contributed by atoms with Crippen LogP contribution in [-0.2, 0) is 9.53 Å². The number of carbonyl (C=O) groups is 1. The monoisotopic (exact) mass is 346 g/mol. The van der Waals surface area contributed by atoms with E-state index in [9.17, 15) is 9.90 Å². The Labute approximate surface area is 151 Å². The highest BCUT2D eigenvalue weighted by Gasteiger charge is 2.66. The molecule has 0 saturated heterocycles. The van der Waals surface area contributed by atoms with Gasteiger partial charge in [0.25, 0.3) is 0 Å². The Morgan fingerprint density at radius 1 is 1.00 bits per heavy atom. The molecule has 0 heterocycles. The highest BCUT2D eigenvalue weighted by atomic mass is 16.5. The maximum Gasteiger partial charge on any atom is 0.302 e. The zero-order chi connectivity index (χ0) is 17.6. The zero-order valence-corrected chi connectivity index (χ0v) is 16.0. The summed E-state index contributed by atoms with van der Waals surface area (Å²) in [4.78, 5) is 11.6. The van der Waals surface area contributed by atoms with Crippen molar-refractivity contribution in [3.05, 3.63) is 0 Å². The third-order valence-electron chi connectivity index (χ3n) is 9.79. The Morgan fingerprint density at radius 2 is 1.80 bits per heavy atom. The third kappa shape index (κ3) is 2.11. The van der Waals surface area contributed by atoms with Crippen LogP contribution in [0, 0.1) is 46.3 Å². The fourth-order valence-electron chi connectivity index (χ4n) is 8.40. The standard InChI is InChI=1S/C22H34O3/c1-12(23)25-19-7-6-17-15-5-4-14-10-13-11-16(13)20(24)22(14,3)18(15)8-9-21(17,19)2/h13-20,24H,4-11H2,1-3H3/t13-,14+,15+,16+,17-,18+,19-,20+,21-,22+/m1/s1. The maximum absolute atomic E-state index is 11.6. The van der Waals surface area contributed by atoms with E-state index in [-0.39, 0.29) is 29.0 Å². The topological polar surface area (TPSA) is 46.5 Å². The lowest BCUT2D eigenvalue weighted by Gasteiger charge is -2.61. The van der Waals surface area contributed by atoms with Crippen LogP contribution >= 0.6 is 0 Å². The molecule has 25 heavy (non-hydrogen) atoms. The molecule has 140 valence electrons. The number of fused-ring (bicyclic) bond motifs is 6. The van der Waals surface area contributed by atoms with E-state index in [0.717, 1.165) is 24.2 Å². The quantitative estimate of drug-likeness (QED) is 0.725. The van der Waals surface area contributed by atoms with Crippen LogP contribution in [0.4, 0.5) is 0 Å². The molecule has 0 aromatic carbocycles. The summed E-state index contributed by atoms with van der Waals surface area (Å²) in [5, 5.41) is 11.2. The van der Waals surface area contributed by atoms with Gasteiger partial charge in [0.2, 0.25) is 0 Å². The fraction of sp³-hybridized carbons (Fsp3) is 0.955. The van der Waals surface area contributed by atoms with Crippen molar-refractivity contribution in [2.75, 3.05) is 0 Å². The maximum atomic E-state index is 11.6. The van der Waals surface area contributed by atoms with E-state index in [1.165, 1.54) is 44.9 Å². The molecule has 1 N–H and O–H groups in total. The Morgan fingerprint density at radius 3 is 2.56 bits per heavy atom. The number of ether oxygens (including phenoxy) is 1. The van der Waals surface area contributed by atoms with Gasteiger partial charge < -0.3 is 9.84 Å². The van der Waals surface area contributed by atoms with Crippen LogP contribution in [0.15, 0.2) is 0 Å².